The lowest BCUT2D eigenvalue weighted by Crippen LogP contribution is -2.52. The van der Waals surface area contributed by atoms with Gasteiger partial charge in [0.05, 0.1) is 6.26 Å². The standard InChI is InChI=1S/C25H26N4O4/c1-17(30)21(16-19-8-4-7-18-6-2-3-9-20(18)19)23(31)27-25(26)29-13-11-28(12-14-29)24(32)22-10-5-15-33-22/h2-10,15,21H,11-14,16H2,1H3,(H2,26,27,31)/t21-/m0/s1. The molecule has 3 aromatic rings. The Balaban J connectivity index is 1.43. The zero-order valence-electron chi connectivity index (χ0n) is 18.4. The molecule has 8 nitrogen and oxygen atoms in total. The van der Waals surface area contributed by atoms with Crippen molar-refractivity contribution in [1.82, 2.24) is 9.80 Å². The van der Waals surface area contributed by atoms with Crippen LogP contribution in [0.4, 0.5) is 0 Å². The molecule has 1 fully saturated rings. The van der Waals surface area contributed by atoms with Gasteiger partial charge in [-0.15, -0.1) is 0 Å². The van der Waals surface area contributed by atoms with Gasteiger partial charge in [0.2, 0.25) is 0 Å². The number of aliphatic imine (C=N–C) groups is 1. The second kappa shape index (κ2) is 9.68. The van der Waals surface area contributed by atoms with E-state index in [0.29, 0.717) is 26.2 Å². The van der Waals surface area contributed by atoms with Crippen LogP contribution in [-0.4, -0.2) is 59.5 Å². The molecule has 4 rings (SSSR count). The summed E-state index contributed by atoms with van der Waals surface area (Å²) in [5.41, 5.74) is 7.03. The van der Waals surface area contributed by atoms with Crippen LogP contribution in [0.25, 0.3) is 10.8 Å². The first-order chi connectivity index (χ1) is 15.9. The molecular formula is C25H26N4O4. The maximum Gasteiger partial charge on any atom is 0.289 e. The van der Waals surface area contributed by atoms with E-state index in [4.69, 9.17) is 10.2 Å². The van der Waals surface area contributed by atoms with Gasteiger partial charge in [0, 0.05) is 26.2 Å². The topological polar surface area (TPSA) is 109 Å². The molecule has 0 aliphatic carbocycles. The summed E-state index contributed by atoms with van der Waals surface area (Å²) in [6.07, 6.45) is 1.72. The lowest BCUT2D eigenvalue weighted by atomic mass is 9.92. The van der Waals surface area contributed by atoms with Gasteiger partial charge in [-0.05, 0) is 41.8 Å². The van der Waals surface area contributed by atoms with Gasteiger partial charge < -0.3 is 20.0 Å². The maximum atomic E-state index is 12.9. The number of ketones is 1. The Morgan fingerprint density at radius 1 is 0.970 bits per heavy atom. The van der Waals surface area contributed by atoms with Crippen LogP contribution in [0.15, 0.2) is 70.3 Å². The third-order valence-electron chi connectivity index (χ3n) is 5.94. The van der Waals surface area contributed by atoms with Crippen LogP contribution in [-0.2, 0) is 16.0 Å². The van der Waals surface area contributed by atoms with Crippen LogP contribution in [0.2, 0.25) is 0 Å². The van der Waals surface area contributed by atoms with E-state index in [0.717, 1.165) is 16.3 Å². The number of hydrogen-bond acceptors (Lipinski definition) is 4. The Kier molecular flexibility index (Phi) is 6.53. The monoisotopic (exact) mass is 446 g/mol. The summed E-state index contributed by atoms with van der Waals surface area (Å²) < 4.78 is 5.17. The van der Waals surface area contributed by atoms with Crippen molar-refractivity contribution in [3.63, 3.8) is 0 Å². The summed E-state index contributed by atoms with van der Waals surface area (Å²) in [5, 5.41) is 2.06. The number of carbonyl (C=O) groups is 3. The van der Waals surface area contributed by atoms with E-state index >= 15 is 0 Å². The first-order valence-electron chi connectivity index (χ1n) is 10.9. The smallest absolute Gasteiger partial charge is 0.289 e. The minimum absolute atomic E-state index is 0.0641. The fourth-order valence-corrected chi connectivity index (χ4v) is 4.05. The van der Waals surface area contributed by atoms with Crippen molar-refractivity contribution >= 4 is 34.3 Å². The van der Waals surface area contributed by atoms with Crippen LogP contribution in [0, 0.1) is 5.92 Å². The average molecular weight is 447 g/mol. The summed E-state index contributed by atoms with van der Waals surface area (Å²) in [5.74, 6) is -1.54. The quantitative estimate of drug-likeness (QED) is 0.366. The second-order valence-electron chi connectivity index (χ2n) is 8.07. The highest BCUT2D eigenvalue weighted by Gasteiger charge is 2.27. The number of hydrogen-bond donors (Lipinski definition) is 1. The molecule has 1 aliphatic heterocycles. The van der Waals surface area contributed by atoms with Crippen molar-refractivity contribution in [2.75, 3.05) is 26.2 Å². The highest BCUT2D eigenvalue weighted by atomic mass is 16.3. The van der Waals surface area contributed by atoms with Gasteiger partial charge in [-0.2, -0.15) is 4.99 Å². The number of rotatable bonds is 5. The van der Waals surface area contributed by atoms with Crippen molar-refractivity contribution in [3.05, 3.63) is 72.2 Å². The third kappa shape index (κ3) is 4.95. The predicted molar refractivity (Wildman–Crippen MR) is 125 cm³/mol. The van der Waals surface area contributed by atoms with Crippen molar-refractivity contribution in [2.24, 2.45) is 16.6 Å². The van der Waals surface area contributed by atoms with Gasteiger partial charge >= 0.3 is 0 Å². The van der Waals surface area contributed by atoms with Gasteiger partial charge in [0.15, 0.2) is 11.7 Å². The number of Topliss-reactive ketones (excluding diaryl/α,β-unsaturated/α-hetero) is 1. The molecule has 2 N–H and O–H groups in total. The van der Waals surface area contributed by atoms with Crippen LogP contribution in [0.3, 0.4) is 0 Å². The van der Waals surface area contributed by atoms with Gasteiger partial charge in [0.1, 0.15) is 11.7 Å². The summed E-state index contributed by atoms with van der Waals surface area (Å²) >= 11 is 0. The Labute approximate surface area is 191 Å². The SMILES string of the molecule is CC(=O)[C@H](Cc1cccc2ccccc12)C(=O)N=C(N)N1CCN(C(=O)c2ccco2)CC1. The largest absolute Gasteiger partial charge is 0.459 e. The Hall–Kier alpha value is -3.94. The van der Waals surface area contributed by atoms with Crippen LogP contribution >= 0.6 is 0 Å². The fraction of sp³-hybridized carbons (Fsp3) is 0.280. The summed E-state index contributed by atoms with van der Waals surface area (Å²) in [4.78, 5) is 45.1. The van der Waals surface area contributed by atoms with Gasteiger partial charge in [-0.25, -0.2) is 0 Å². The molecule has 0 saturated carbocycles. The number of benzene rings is 2. The number of nitrogens with two attached hydrogens (primary N) is 1. The second-order valence-corrected chi connectivity index (χ2v) is 8.07. The van der Waals surface area contributed by atoms with Crippen molar-refractivity contribution in [3.8, 4) is 0 Å². The number of nitrogens with zero attached hydrogens (tertiary/aromatic N) is 3. The molecule has 2 heterocycles. The lowest BCUT2D eigenvalue weighted by Gasteiger charge is -2.34. The van der Waals surface area contributed by atoms with Crippen LogP contribution in [0.1, 0.15) is 23.0 Å². The normalized spacial score (nSPS) is 15.5. The molecule has 0 unspecified atom stereocenters. The zero-order chi connectivity index (χ0) is 23.4. The molecule has 0 spiro atoms. The minimum atomic E-state index is -0.906. The van der Waals surface area contributed by atoms with Gasteiger partial charge in [0.25, 0.3) is 11.8 Å². The van der Waals surface area contributed by atoms with E-state index in [1.54, 1.807) is 21.9 Å². The molecule has 8 heteroatoms. The number of piperazine rings is 1. The third-order valence-corrected chi connectivity index (χ3v) is 5.94. The highest BCUT2D eigenvalue weighted by Crippen LogP contribution is 2.22. The fourth-order valence-electron chi connectivity index (χ4n) is 4.05. The van der Waals surface area contributed by atoms with E-state index in [-0.39, 0.29) is 29.8 Å². The zero-order valence-corrected chi connectivity index (χ0v) is 18.4. The Morgan fingerprint density at radius 3 is 2.36 bits per heavy atom. The number of furan rings is 1. The summed E-state index contributed by atoms with van der Waals surface area (Å²) in [6.45, 7) is 3.12. The molecule has 2 aromatic carbocycles. The van der Waals surface area contributed by atoms with Crippen molar-refractivity contribution in [1.29, 1.82) is 0 Å². The minimum Gasteiger partial charge on any atom is -0.459 e. The molecule has 1 aromatic heterocycles. The Bertz CT molecular complexity index is 1190. The molecule has 33 heavy (non-hydrogen) atoms. The van der Waals surface area contributed by atoms with Crippen LogP contribution < -0.4 is 5.73 Å². The lowest BCUT2D eigenvalue weighted by molar-refractivity contribution is -0.130. The number of amides is 2. The molecule has 0 bridgehead atoms. The number of fused-ring (bicyclic) bond motifs is 1. The first-order valence-corrected chi connectivity index (χ1v) is 10.9. The number of guanidine groups is 1. The maximum absolute atomic E-state index is 12.9. The highest BCUT2D eigenvalue weighted by molar-refractivity contribution is 6.05. The molecule has 1 saturated heterocycles. The molecule has 0 radical (unpaired) electrons. The molecule has 170 valence electrons. The van der Waals surface area contributed by atoms with Gasteiger partial charge in [-0.3, -0.25) is 14.4 Å². The summed E-state index contributed by atoms with van der Waals surface area (Å²) in [6, 6.07) is 17.0. The molecular weight excluding hydrogens is 420 g/mol. The molecule has 1 atom stereocenters. The average Bonchev–Trinajstić information content (AvgIpc) is 3.37. The first kappa shape index (κ1) is 22.3. The summed E-state index contributed by atoms with van der Waals surface area (Å²) in [7, 11) is 0. The van der Waals surface area contributed by atoms with E-state index in [1.807, 2.05) is 42.5 Å². The van der Waals surface area contributed by atoms with Crippen molar-refractivity contribution in [2.45, 2.75) is 13.3 Å². The molecule has 2 amide bonds. The molecule has 1 aliphatic rings. The van der Waals surface area contributed by atoms with E-state index < -0.39 is 11.8 Å². The van der Waals surface area contributed by atoms with Crippen molar-refractivity contribution < 1.29 is 18.8 Å². The van der Waals surface area contributed by atoms with E-state index in [2.05, 4.69) is 4.99 Å². The van der Waals surface area contributed by atoms with Crippen LogP contribution in [0.5, 0.6) is 0 Å². The predicted octanol–water partition coefficient (Wildman–Crippen LogP) is 2.48. The van der Waals surface area contributed by atoms with E-state index in [1.165, 1.54) is 13.2 Å². The van der Waals surface area contributed by atoms with Gasteiger partial charge in [-0.1, -0.05) is 42.5 Å². The van der Waals surface area contributed by atoms with E-state index in [9.17, 15) is 14.4 Å². The number of carbonyl (C=O) groups excluding carboxylic acids is 3. The Morgan fingerprint density at radius 2 is 1.67 bits per heavy atom.